The van der Waals surface area contributed by atoms with E-state index in [-0.39, 0.29) is 0 Å². The Kier molecular flexibility index (Phi) is 8.33. The Morgan fingerprint density at radius 2 is 0.812 bits per heavy atom. The highest BCUT2D eigenvalue weighted by Crippen LogP contribution is 2.63. The van der Waals surface area contributed by atoms with E-state index in [2.05, 4.69) is 158 Å². The molecule has 0 bridgehead atoms. The van der Waals surface area contributed by atoms with Gasteiger partial charge in [0, 0.05) is 48.2 Å². The van der Waals surface area contributed by atoms with Gasteiger partial charge in [-0.1, -0.05) is 212 Å². The second kappa shape index (κ2) is 14.6. The average molecular weight is 833 g/mol. The molecule has 13 rings (SSSR count). The zero-order valence-corrected chi connectivity index (χ0v) is 35.3. The number of hydrogen-bond donors (Lipinski definition) is 0. The summed E-state index contributed by atoms with van der Waals surface area (Å²) in [6.07, 6.45) is 0. The van der Waals surface area contributed by atoms with E-state index >= 15 is 0 Å². The number of aromatic nitrogens is 4. The van der Waals surface area contributed by atoms with Crippen LogP contribution in [0.3, 0.4) is 0 Å². The maximum Gasteiger partial charge on any atom is 0.164 e. The first-order valence-corrected chi connectivity index (χ1v) is 22.4. The summed E-state index contributed by atoms with van der Waals surface area (Å²) in [5.74, 6) is 1.93. The highest BCUT2D eigenvalue weighted by Gasteiger charge is 2.50. The van der Waals surface area contributed by atoms with Crippen LogP contribution in [0.15, 0.2) is 228 Å². The van der Waals surface area contributed by atoms with Crippen LogP contribution in [0.4, 0.5) is 0 Å². The summed E-state index contributed by atoms with van der Waals surface area (Å²) >= 11 is 1.89. The van der Waals surface area contributed by atoms with E-state index in [1.54, 1.807) is 0 Å². The number of rotatable bonds is 5. The van der Waals surface area contributed by atoms with Crippen LogP contribution in [0.2, 0.25) is 0 Å². The van der Waals surface area contributed by atoms with Crippen LogP contribution in [-0.4, -0.2) is 19.9 Å². The minimum Gasteiger partial charge on any atom is -0.247 e. The fourth-order valence-electron chi connectivity index (χ4n) is 10.1. The largest absolute Gasteiger partial charge is 0.247 e. The summed E-state index contributed by atoms with van der Waals surface area (Å²) in [4.78, 5) is 22.9. The van der Waals surface area contributed by atoms with Gasteiger partial charge in [0.15, 0.2) is 17.5 Å². The van der Waals surface area contributed by atoms with Crippen LogP contribution in [0, 0.1) is 0 Å². The van der Waals surface area contributed by atoms with Crippen LogP contribution in [0.1, 0.15) is 22.3 Å². The monoisotopic (exact) mass is 832 g/mol. The van der Waals surface area contributed by atoms with Gasteiger partial charge < -0.3 is 0 Å². The molecule has 0 saturated heterocycles. The van der Waals surface area contributed by atoms with Crippen molar-refractivity contribution in [3.63, 3.8) is 0 Å². The summed E-state index contributed by atoms with van der Waals surface area (Å²) < 4.78 is 0. The van der Waals surface area contributed by atoms with Gasteiger partial charge in [-0.2, -0.15) is 0 Å². The Morgan fingerprint density at radius 3 is 1.42 bits per heavy atom. The Morgan fingerprint density at radius 1 is 0.328 bits per heavy atom. The zero-order valence-electron chi connectivity index (χ0n) is 34.5. The molecule has 1 aliphatic carbocycles. The molecule has 0 radical (unpaired) electrons. The molecule has 9 aromatic carbocycles. The van der Waals surface area contributed by atoms with Gasteiger partial charge in [0.2, 0.25) is 0 Å². The van der Waals surface area contributed by atoms with Gasteiger partial charge in [-0.15, -0.1) is 0 Å². The van der Waals surface area contributed by atoms with Gasteiger partial charge in [0.05, 0.1) is 16.6 Å². The molecule has 0 fully saturated rings. The quantitative estimate of drug-likeness (QED) is 0.162. The van der Waals surface area contributed by atoms with Crippen molar-refractivity contribution in [3.8, 4) is 67.7 Å². The second-order valence-electron chi connectivity index (χ2n) is 16.5. The highest BCUT2D eigenvalue weighted by atomic mass is 32.2. The smallest absolute Gasteiger partial charge is 0.164 e. The summed E-state index contributed by atoms with van der Waals surface area (Å²) in [7, 11) is 0. The Balaban J connectivity index is 1.02. The molecular weight excluding hydrogens is 797 g/mol. The standard InChI is InChI=1S/C59H36N4S/c1-4-16-38(17-5-1)54-45-33-34-50-55(64-52-27-15-14-26-49(52)59(50)47-24-12-10-22-43(47)44-23-11-13-25-48(44)59)53(45)46-36-42(32-35-51(46)60-54)37-28-30-41(31-29-37)58-62-56(39-18-6-2-7-19-39)61-57(63-58)40-20-8-3-9-21-40/h1-36H. The van der Waals surface area contributed by atoms with Crippen LogP contribution < -0.4 is 0 Å². The van der Waals surface area contributed by atoms with Gasteiger partial charge in [-0.3, -0.25) is 0 Å². The normalized spacial score (nSPS) is 13.1. The number of fused-ring (bicyclic) bond motifs is 13. The van der Waals surface area contributed by atoms with E-state index in [1.807, 2.05) is 72.4 Å². The van der Waals surface area contributed by atoms with Gasteiger partial charge in [0.25, 0.3) is 0 Å². The molecule has 64 heavy (non-hydrogen) atoms. The topological polar surface area (TPSA) is 51.6 Å². The highest BCUT2D eigenvalue weighted by molar-refractivity contribution is 7.99. The van der Waals surface area contributed by atoms with Crippen molar-refractivity contribution >= 4 is 33.4 Å². The number of pyridine rings is 1. The molecule has 2 aliphatic rings. The van der Waals surface area contributed by atoms with E-state index in [0.717, 1.165) is 55.4 Å². The maximum atomic E-state index is 5.45. The fraction of sp³-hybridized carbons (Fsp3) is 0.0169. The minimum atomic E-state index is -0.482. The van der Waals surface area contributed by atoms with Crippen molar-refractivity contribution in [2.45, 2.75) is 15.2 Å². The Labute approximate surface area is 375 Å². The summed E-state index contributed by atoms with van der Waals surface area (Å²) in [5.41, 5.74) is 15.5. The fourth-order valence-corrected chi connectivity index (χ4v) is 11.5. The summed E-state index contributed by atoms with van der Waals surface area (Å²) in [6.45, 7) is 0. The van der Waals surface area contributed by atoms with Crippen molar-refractivity contribution in [1.29, 1.82) is 0 Å². The van der Waals surface area contributed by atoms with Gasteiger partial charge in [-0.25, -0.2) is 19.9 Å². The minimum absolute atomic E-state index is 0.482. The van der Waals surface area contributed by atoms with Crippen LogP contribution >= 0.6 is 11.8 Å². The predicted octanol–water partition coefficient (Wildman–Crippen LogP) is 14.7. The van der Waals surface area contributed by atoms with Gasteiger partial charge in [-0.05, 0) is 62.7 Å². The summed E-state index contributed by atoms with van der Waals surface area (Å²) in [5, 5.41) is 3.50. The third kappa shape index (κ3) is 5.57. The lowest BCUT2D eigenvalue weighted by molar-refractivity contribution is 0.726. The number of hydrogen-bond acceptors (Lipinski definition) is 5. The number of nitrogens with zero attached hydrogens (tertiary/aromatic N) is 4. The first-order chi connectivity index (χ1) is 31.7. The van der Waals surface area contributed by atoms with Crippen molar-refractivity contribution in [3.05, 3.63) is 241 Å². The molecule has 3 heterocycles. The summed E-state index contributed by atoms with van der Waals surface area (Å²) in [6, 6.07) is 78.0. The molecule has 2 aromatic heterocycles. The van der Waals surface area contributed by atoms with E-state index in [1.165, 1.54) is 48.6 Å². The van der Waals surface area contributed by atoms with Crippen molar-refractivity contribution in [2.75, 3.05) is 0 Å². The van der Waals surface area contributed by atoms with E-state index in [0.29, 0.717) is 17.5 Å². The molecule has 11 aromatic rings. The van der Waals surface area contributed by atoms with Gasteiger partial charge >= 0.3 is 0 Å². The molecule has 1 spiro atoms. The van der Waals surface area contributed by atoms with Gasteiger partial charge in [0.1, 0.15) is 0 Å². The zero-order chi connectivity index (χ0) is 42.2. The first-order valence-electron chi connectivity index (χ1n) is 21.6. The first kappa shape index (κ1) is 36.6. The maximum absolute atomic E-state index is 5.45. The molecule has 5 heteroatoms. The molecule has 4 nitrogen and oxygen atoms in total. The van der Waals surface area contributed by atoms with Crippen molar-refractivity contribution in [1.82, 2.24) is 19.9 Å². The van der Waals surface area contributed by atoms with E-state index in [4.69, 9.17) is 19.9 Å². The van der Waals surface area contributed by atoms with Crippen LogP contribution in [-0.2, 0) is 5.41 Å². The average Bonchev–Trinajstić information content (AvgIpc) is 3.67. The SMILES string of the molecule is c1ccc(-c2nc(-c3ccccc3)nc(-c3ccc(-c4ccc5nc(-c6ccccc6)c6ccc7c(c6c5c4)Sc4ccccc4C74c5ccccc5-c5ccccc54)cc3)n2)cc1. The molecule has 0 N–H and O–H groups in total. The third-order valence-corrected chi connectivity index (χ3v) is 14.2. The number of benzene rings is 9. The molecule has 0 amide bonds. The van der Waals surface area contributed by atoms with E-state index in [9.17, 15) is 0 Å². The molecule has 1 aliphatic heterocycles. The van der Waals surface area contributed by atoms with E-state index < -0.39 is 5.41 Å². The molecule has 0 atom stereocenters. The lowest BCUT2D eigenvalue weighted by Crippen LogP contribution is -2.32. The lowest BCUT2D eigenvalue weighted by atomic mass is 9.67. The molecular formula is C59H36N4S. The molecule has 298 valence electrons. The molecule has 0 unspecified atom stereocenters. The Hall–Kier alpha value is -7.99. The Bertz CT molecular complexity index is 3520. The predicted molar refractivity (Wildman–Crippen MR) is 261 cm³/mol. The van der Waals surface area contributed by atoms with Crippen molar-refractivity contribution in [2.24, 2.45) is 0 Å². The van der Waals surface area contributed by atoms with Crippen LogP contribution in [0.5, 0.6) is 0 Å². The second-order valence-corrected chi connectivity index (χ2v) is 17.5. The molecule has 0 saturated carbocycles. The van der Waals surface area contributed by atoms with Crippen LogP contribution in [0.25, 0.3) is 89.4 Å². The third-order valence-electron chi connectivity index (χ3n) is 13.0. The van der Waals surface area contributed by atoms with Crippen molar-refractivity contribution < 1.29 is 0 Å². The lowest BCUT2D eigenvalue weighted by Gasteiger charge is -2.40.